The molecular weight excluding hydrogens is 446 g/mol. The lowest BCUT2D eigenvalue weighted by atomic mass is 10.1. The Labute approximate surface area is 195 Å². The summed E-state index contributed by atoms with van der Waals surface area (Å²) >= 11 is 2.74. The standard InChI is InChI=1S/C23H27N3O4S2/c1-5-30-12-6-11-26-22(29)20-14(2)16(4)32-21(20)25-23(26)31-13-19(28)24-18-9-7-17(8-10-18)15(3)27/h7-10H,5-6,11-13H2,1-4H3,(H,24,28). The van der Waals surface area contributed by atoms with Gasteiger partial charge in [-0.05, 0) is 63.9 Å². The highest BCUT2D eigenvalue weighted by Crippen LogP contribution is 2.28. The molecule has 1 aromatic carbocycles. The molecule has 3 aromatic rings. The summed E-state index contributed by atoms with van der Waals surface area (Å²) in [6, 6.07) is 6.76. The van der Waals surface area contributed by atoms with Gasteiger partial charge in [0.15, 0.2) is 10.9 Å². The molecule has 0 radical (unpaired) electrons. The molecular formula is C23H27N3O4S2. The fourth-order valence-corrected chi connectivity index (χ4v) is 5.10. The first-order valence-electron chi connectivity index (χ1n) is 10.4. The number of fused-ring (bicyclic) bond motifs is 1. The molecule has 0 bridgehead atoms. The van der Waals surface area contributed by atoms with Crippen LogP contribution in [0.5, 0.6) is 0 Å². The van der Waals surface area contributed by atoms with E-state index in [1.54, 1.807) is 28.8 Å². The van der Waals surface area contributed by atoms with Crippen LogP contribution in [-0.4, -0.2) is 40.2 Å². The number of amides is 1. The summed E-state index contributed by atoms with van der Waals surface area (Å²) in [7, 11) is 0. The molecule has 0 unspecified atom stereocenters. The Morgan fingerprint density at radius 2 is 1.94 bits per heavy atom. The van der Waals surface area contributed by atoms with Crippen LogP contribution in [0.15, 0.2) is 34.2 Å². The van der Waals surface area contributed by atoms with E-state index >= 15 is 0 Å². The van der Waals surface area contributed by atoms with Gasteiger partial charge in [-0.3, -0.25) is 19.0 Å². The number of Topliss-reactive ketones (excluding diaryl/α,β-unsaturated/α-hetero) is 1. The zero-order valence-corrected chi connectivity index (χ0v) is 20.3. The van der Waals surface area contributed by atoms with Crippen molar-refractivity contribution in [1.29, 1.82) is 0 Å². The minimum atomic E-state index is -0.209. The number of carbonyl (C=O) groups excluding carboxylic acids is 2. The number of hydrogen-bond acceptors (Lipinski definition) is 7. The largest absolute Gasteiger partial charge is 0.382 e. The predicted molar refractivity (Wildman–Crippen MR) is 130 cm³/mol. The Morgan fingerprint density at radius 3 is 2.59 bits per heavy atom. The van der Waals surface area contributed by atoms with E-state index in [0.717, 1.165) is 10.4 Å². The smallest absolute Gasteiger partial charge is 0.263 e. The van der Waals surface area contributed by atoms with Gasteiger partial charge in [0.2, 0.25) is 5.91 Å². The van der Waals surface area contributed by atoms with Crippen molar-refractivity contribution in [1.82, 2.24) is 9.55 Å². The van der Waals surface area contributed by atoms with Crippen molar-refractivity contribution >= 4 is 50.7 Å². The highest BCUT2D eigenvalue weighted by molar-refractivity contribution is 7.99. The van der Waals surface area contributed by atoms with Crippen LogP contribution in [0.1, 0.15) is 41.1 Å². The van der Waals surface area contributed by atoms with Gasteiger partial charge in [0.1, 0.15) is 4.83 Å². The van der Waals surface area contributed by atoms with Gasteiger partial charge in [-0.15, -0.1) is 11.3 Å². The number of rotatable bonds is 10. The molecule has 7 nitrogen and oxygen atoms in total. The second-order valence-corrected chi connectivity index (χ2v) is 9.48. The second kappa shape index (κ2) is 10.9. The summed E-state index contributed by atoms with van der Waals surface area (Å²) in [5.41, 5.74) is 2.09. The number of nitrogens with one attached hydrogen (secondary N) is 1. The first kappa shape index (κ1) is 24.2. The summed E-state index contributed by atoms with van der Waals surface area (Å²) in [5, 5.41) is 4.00. The second-order valence-electron chi connectivity index (χ2n) is 7.34. The summed E-state index contributed by atoms with van der Waals surface area (Å²) in [4.78, 5) is 43.6. The van der Waals surface area contributed by atoms with E-state index in [1.165, 1.54) is 30.0 Å². The average Bonchev–Trinajstić information content (AvgIpc) is 3.05. The molecule has 0 fully saturated rings. The van der Waals surface area contributed by atoms with E-state index in [4.69, 9.17) is 9.72 Å². The number of ether oxygens (including phenoxy) is 1. The molecule has 170 valence electrons. The van der Waals surface area contributed by atoms with Crippen LogP contribution in [0.3, 0.4) is 0 Å². The Hall–Kier alpha value is -2.49. The monoisotopic (exact) mass is 473 g/mol. The molecule has 32 heavy (non-hydrogen) atoms. The number of thioether (sulfide) groups is 1. The van der Waals surface area contributed by atoms with Gasteiger partial charge < -0.3 is 10.1 Å². The van der Waals surface area contributed by atoms with Gasteiger partial charge in [0.25, 0.3) is 5.56 Å². The topological polar surface area (TPSA) is 90.3 Å². The maximum atomic E-state index is 13.2. The molecule has 0 saturated heterocycles. The summed E-state index contributed by atoms with van der Waals surface area (Å²) in [6.45, 7) is 9.03. The van der Waals surface area contributed by atoms with Crippen molar-refractivity contribution in [3.63, 3.8) is 0 Å². The quantitative estimate of drug-likeness (QED) is 0.203. The van der Waals surface area contributed by atoms with Crippen LogP contribution in [-0.2, 0) is 16.1 Å². The minimum absolute atomic E-state index is 0.0266. The van der Waals surface area contributed by atoms with Crippen molar-refractivity contribution < 1.29 is 14.3 Å². The maximum Gasteiger partial charge on any atom is 0.263 e. The molecule has 0 saturated carbocycles. The molecule has 2 aromatic heterocycles. The molecule has 2 heterocycles. The van der Waals surface area contributed by atoms with Gasteiger partial charge >= 0.3 is 0 Å². The normalized spacial score (nSPS) is 11.1. The van der Waals surface area contributed by atoms with E-state index in [9.17, 15) is 14.4 Å². The van der Waals surface area contributed by atoms with Crippen molar-refractivity contribution in [3.8, 4) is 0 Å². The zero-order valence-electron chi connectivity index (χ0n) is 18.7. The molecule has 0 spiro atoms. The molecule has 9 heteroatoms. The van der Waals surface area contributed by atoms with Gasteiger partial charge in [-0.2, -0.15) is 0 Å². The zero-order chi connectivity index (χ0) is 23.3. The van der Waals surface area contributed by atoms with Crippen LogP contribution < -0.4 is 10.9 Å². The Kier molecular flexibility index (Phi) is 8.22. The summed E-state index contributed by atoms with van der Waals surface area (Å²) in [5.74, 6) is -0.123. The van der Waals surface area contributed by atoms with Gasteiger partial charge in [0.05, 0.1) is 11.1 Å². The Balaban J connectivity index is 1.77. The minimum Gasteiger partial charge on any atom is -0.382 e. The third-order valence-corrected chi connectivity index (χ3v) is 7.11. The van der Waals surface area contributed by atoms with E-state index in [-0.39, 0.29) is 23.0 Å². The number of benzene rings is 1. The van der Waals surface area contributed by atoms with Crippen LogP contribution in [0.4, 0.5) is 5.69 Å². The molecule has 0 aliphatic carbocycles. The van der Waals surface area contributed by atoms with Crippen LogP contribution in [0, 0.1) is 13.8 Å². The molecule has 3 rings (SSSR count). The number of aromatic nitrogens is 2. The molecule has 0 atom stereocenters. The lowest BCUT2D eigenvalue weighted by Crippen LogP contribution is -2.25. The SMILES string of the molecule is CCOCCCn1c(SCC(=O)Nc2ccc(C(C)=O)cc2)nc2sc(C)c(C)c2c1=O. The average molecular weight is 474 g/mol. The molecule has 1 N–H and O–H groups in total. The highest BCUT2D eigenvalue weighted by Gasteiger charge is 2.17. The van der Waals surface area contributed by atoms with Crippen LogP contribution in [0.2, 0.25) is 0 Å². The van der Waals surface area contributed by atoms with Gasteiger partial charge in [-0.1, -0.05) is 11.8 Å². The van der Waals surface area contributed by atoms with E-state index in [0.29, 0.717) is 52.8 Å². The predicted octanol–water partition coefficient (Wildman–Crippen LogP) is 4.43. The lowest BCUT2D eigenvalue weighted by Gasteiger charge is -2.12. The number of anilines is 1. The lowest BCUT2D eigenvalue weighted by molar-refractivity contribution is -0.113. The third kappa shape index (κ3) is 5.65. The Bertz CT molecular complexity index is 1180. The Morgan fingerprint density at radius 1 is 1.22 bits per heavy atom. The molecule has 0 aliphatic rings. The number of thiophene rings is 1. The van der Waals surface area contributed by atoms with E-state index < -0.39 is 0 Å². The summed E-state index contributed by atoms with van der Waals surface area (Å²) < 4.78 is 7.07. The van der Waals surface area contributed by atoms with Crippen molar-refractivity contribution in [2.45, 2.75) is 45.8 Å². The number of nitrogens with zero attached hydrogens (tertiary/aromatic N) is 2. The van der Waals surface area contributed by atoms with Crippen molar-refractivity contribution in [2.24, 2.45) is 0 Å². The van der Waals surface area contributed by atoms with Crippen molar-refractivity contribution in [3.05, 3.63) is 50.6 Å². The van der Waals surface area contributed by atoms with Gasteiger partial charge in [-0.25, -0.2) is 4.98 Å². The summed E-state index contributed by atoms with van der Waals surface area (Å²) in [6.07, 6.45) is 0.686. The van der Waals surface area contributed by atoms with E-state index in [2.05, 4.69) is 5.32 Å². The number of ketones is 1. The molecule has 1 amide bonds. The first-order valence-corrected chi connectivity index (χ1v) is 12.2. The first-order chi connectivity index (χ1) is 15.3. The maximum absolute atomic E-state index is 13.2. The third-order valence-electron chi connectivity index (χ3n) is 5.04. The highest BCUT2D eigenvalue weighted by atomic mass is 32.2. The fraction of sp³-hybridized carbons (Fsp3) is 0.391. The van der Waals surface area contributed by atoms with Crippen molar-refractivity contribution in [2.75, 3.05) is 24.3 Å². The number of carbonyl (C=O) groups is 2. The van der Waals surface area contributed by atoms with Crippen LogP contribution >= 0.6 is 23.1 Å². The van der Waals surface area contributed by atoms with E-state index in [1.807, 2.05) is 20.8 Å². The van der Waals surface area contributed by atoms with Crippen LogP contribution in [0.25, 0.3) is 10.2 Å². The number of aryl methyl sites for hydroxylation is 2. The van der Waals surface area contributed by atoms with Gasteiger partial charge in [0, 0.05) is 35.9 Å². The fourth-order valence-electron chi connectivity index (χ4n) is 3.20. The molecule has 0 aliphatic heterocycles. The number of hydrogen-bond donors (Lipinski definition) is 1.